The molecule has 0 spiro atoms. The lowest BCUT2D eigenvalue weighted by molar-refractivity contribution is 0.152. The van der Waals surface area contributed by atoms with Crippen LogP contribution in [0.3, 0.4) is 0 Å². The number of methoxy groups -OCH3 is 1. The van der Waals surface area contributed by atoms with E-state index in [1.165, 1.54) is 14.0 Å². The van der Waals surface area contributed by atoms with Crippen LogP contribution < -0.4 is 10.9 Å². The van der Waals surface area contributed by atoms with Crippen LogP contribution in [0.4, 0.5) is 0 Å². The monoisotopic (exact) mass is 330 g/mol. The zero-order valence-electron chi connectivity index (χ0n) is 10.9. The summed E-state index contributed by atoms with van der Waals surface area (Å²) >= 11 is 0.684. The highest BCUT2D eigenvalue weighted by Crippen LogP contribution is 2.39. The molecule has 0 saturated heterocycles. The summed E-state index contributed by atoms with van der Waals surface area (Å²) in [6, 6.07) is -0.483. The second kappa shape index (κ2) is 5.70. The maximum absolute atomic E-state index is 12.3. The van der Waals surface area contributed by atoms with Crippen molar-refractivity contribution in [2.45, 2.75) is 36.3 Å². The minimum absolute atomic E-state index is 0.0559. The van der Waals surface area contributed by atoms with Crippen LogP contribution >= 0.6 is 11.8 Å². The third kappa shape index (κ3) is 3.50. The van der Waals surface area contributed by atoms with Gasteiger partial charge in [0.25, 0.3) is 0 Å². The van der Waals surface area contributed by atoms with E-state index in [-0.39, 0.29) is 10.7 Å². The quantitative estimate of drug-likeness (QED) is 0.724. The first-order valence-electron chi connectivity index (χ1n) is 5.43. The molecule has 0 aromatic carbocycles. The molecule has 1 heterocycles. The van der Waals surface area contributed by atoms with Gasteiger partial charge in [0.15, 0.2) is 5.44 Å². The lowest BCUT2D eigenvalue weighted by atomic mass is 10.1. The third-order valence-corrected chi connectivity index (χ3v) is 8.72. The summed E-state index contributed by atoms with van der Waals surface area (Å²) in [4.78, 5) is 0. The average molecular weight is 330 g/mol. The molecule has 0 aromatic heterocycles. The first kappa shape index (κ1) is 16.9. The van der Waals surface area contributed by atoms with Crippen molar-refractivity contribution in [3.63, 3.8) is 0 Å². The van der Waals surface area contributed by atoms with Crippen molar-refractivity contribution < 1.29 is 21.6 Å². The standard InChI is InChI=1S/C9H18N2O5S3/c1-5-7(10)4-8(16-3)18(12,13)9(5)17-6(2)19(11,14)15/h6-8H,4,10H2,1-3H3,(H2,11,14,15). The van der Waals surface area contributed by atoms with E-state index in [9.17, 15) is 16.8 Å². The second-order valence-corrected chi connectivity index (χ2v) is 10.1. The normalized spacial score (nSPS) is 29.3. The van der Waals surface area contributed by atoms with Crippen LogP contribution in [0.1, 0.15) is 20.3 Å². The Morgan fingerprint density at radius 1 is 1.47 bits per heavy atom. The highest BCUT2D eigenvalue weighted by Gasteiger charge is 2.40. The topological polar surface area (TPSA) is 130 Å². The minimum atomic E-state index is -3.83. The molecule has 0 aromatic rings. The van der Waals surface area contributed by atoms with E-state index in [1.807, 2.05) is 0 Å². The molecule has 4 N–H and O–H groups in total. The summed E-state index contributed by atoms with van der Waals surface area (Å²) in [7, 11) is -6.29. The van der Waals surface area contributed by atoms with Crippen molar-refractivity contribution in [1.29, 1.82) is 0 Å². The SMILES string of the molecule is COC1CC(N)C(C)=C(SC(C)S(N)(=O)=O)S1(=O)=O. The molecule has 0 saturated carbocycles. The van der Waals surface area contributed by atoms with Crippen LogP contribution in [0.2, 0.25) is 0 Å². The molecule has 1 aliphatic rings. The first-order chi connectivity index (χ1) is 8.51. The Kier molecular flexibility index (Phi) is 5.08. The zero-order valence-corrected chi connectivity index (χ0v) is 13.3. The van der Waals surface area contributed by atoms with E-state index in [4.69, 9.17) is 15.6 Å². The maximum Gasteiger partial charge on any atom is 0.221 e. The van der Waals surface area contributed by atoms with Crippen molar-refractivity contribution in [2.24, 2.45) is 10.9 Å². The van der Waals surface area contributed by atoms with Crippen molar-refractivity contribution in [3.05, 3.63) is 9.81 Å². The van der Waals surface area contributed by atoms with Gasteiger partial charge in [-0.3, -0.25) is 0 Å². The van der Waals surface area contributed by atoms with Gasteiger partial charge in [-0.05, 0) is 19.4 Å². The summed E-state index contributed by atoms with van der Waals surface area (Å²) in [6.07, 6.45) is 0.151. The van der Waals surface area contributed by atoms with Gasteiger partial charge >= 0.3 is 0 Å². The number of ether oxygens (including phenoxy) is 1. The average Bonchev–Trinajstić information content (AvgIpc) is 2.27. The number of primary sulfonamides is 1. The highest BCUT2D eigenvalue weighted by molar-refractivity contribution is 8.24. The first-order valence-corrected chi connectivity index (χ1v) is 9.46. The lowest BCUT2D eigenvalue weighted by Crippen LogP contribution is -2.39. The van der Waals surface area contributed by atoms with Crippen LogP contribution in [0.25, 0.3) is 0 Å². The van der Waals surface area contributed by atoms with Gasteiger partial charge in [-0.1, -0.05) is 11.8 Å². The fraction of sp³-hybridized carbons (Fsp3) is 0.778. The van der Waals surface area contributed by atoms with Crippen LogP contribution in [0, 0.1) is 0 Å². The number of rotatable bonds is 4. The molecule has 0 aliphatic carbocycles. The number of sulfone groups is 1. The third-order valence-electron chi connectivity index (χ3n) is 2.93. The van der Waals surface area contributed by atoms with E-state index >= 15 is 0 Å². The predicted octanol–water partition coefficient (Wildman–Crippen LogP) is -0.296. The van der Waals surface area contributed by atoms with Gasteiger partial charge < -0.3 is 10.5 Å². The Labute approximate surface area is 117 Å². The maximum atomic E-state index is 12.3. The number of nitrogens with two attached hydrogens (primary N) is 2. The summed E-state index contributed by atoms with van der Waals surface area (Å²) in [5.41, 5.74) is 5.23. The van der Waals surface area contributed by atoms with E-state index in [0.29, 0.717) is 17.3 Å². The molecule has 0 bridgehead atoms. The van der Waals surface area contributed by atoms with E-state index in [2.05, 4.69) is 0 Å². The van der Waals surface area contributed by atoms with Crippen LogP contribution in [0.15, 0.2) is 9.81 Å². The molecule has 19 heavy (non-hydrogen) atoms. The van der Waals surface area contributed by atoms with Crippen molar-refractivity contribution in [3.8, 4) is 0 Å². The van der Waals surface area contributed by atoms with Crippen LogP contribution in [-0.2, 0) is 24.6 Å². The largest absolute Gasteiger partial charge is 0.365 e. The van der Waals surface area contributed by atoms with Crippen LogP contribution in [0.5, 0.6) is 0 Å². The molecule has 112 valence electrons. The summed E-state index contributed by atoms with van der Waals surface area (Å²) in [5.74, 6) is 0. The van der Waals surface area contributed by atoms with Crippen LogP contribution in [-0.4, -0.2) is 40.0 Å². The predicted molar refractivity (Wildman–Crippen MR) is 75.2 cm³/mol. The lowest BCUT2D eigenvalue weighted by Gasteiger charge is -2.29. The van der Waals surface area contributed by atoms with Crippen molar-refractivity contribution in [2.75, 3.05) is 7.11 Å². The van der Waals surface area contributed by atoms with Crippen molar-refractivity contribution in [1.82, 2.24) is 0 Å². The minimum Gasteiger partial charge on any atom is -0.365 e. The Morgan fingerprint density at radius 2 is 2.00 bits per heavy atom. The molecule has 10 heteroatoms. The molecule has 3 atom stereocenters. The molecule has 3 unspecified atom stereocenters. The molecule has 0 radical (unpaired) electrons. The summed E-state index contributed by atoms with van der Waals surface area (Å²) in [6.45, 7) is 2.91. The Morgan fingerprint density at radius 3 is 2.42 bits per heavy atom. The smallest absolute Gasteiger partial charge is 0.221 e. The Balaban J connectivity index is 3.24. The number of thioether (sulfide) groups is 1. The molecule has 0 amide bonds. The van der Waals surface area contributed by atoms with Gasteiger partial charge in [0, 0.05) is 19.6 Å². The van der Waals surface area contributed by atoms with Gasteiger partial charge in [-0.2, -0.15) is 0 Å². The number of sulfonamides is 1. The molecular formula is C9H18N2O5S3. The van der Waals surface area contributed by atoms with Gasteiger partial charge in [0.2, 0.25) is 19.9 Å². The van der Waals surface area contributed by atoms with Gasteiger partial charge in [0.1, 0.15) is 8.82 Å². The Hall–Kier alpha value is -0.130. The van der Waals surface area contributed by atoms with Crippen molar-refractivity contribution >= 4 is 31.6 Å². The molecule has 1 rings (SSSR count). The number of hydrogen-bond acceptors (Lipinski definition) is 7. The molecule has 0 fully saturated rings. The fourth-order valence-corrected chi connectivity index (χ4v) is 6.10. The summed E-state index contributed by atoms with van der Waals surface area (Å²) < 4.78 is 50.8. The fourth-order valence-electron chi connectivity index (χ4n) is 1.61. The summed E-state index contributed by atoms with van der Waals surface area (Å²) in [5, 5.41) is 5.00. The highest BCUT2D eigenvalue weighted by atomic mass is 32.3. The zero-order chi connectivity index (χ0) is 15.0. The van der Waals surface area contributed by atoms with Gasteiger partial charge in [-0.25, -0.2) is 22.0 Å². The molecular weight excluding hydrogens is 312 g/mol. The van der Waals surface area contributed by atoms with E-state index in [1.54, 1.807) is 6.92 Å². The van der Waals surface area contributed by atoms with E-state index in [0.717, 1.165) is 0 Å². The molecule has 7 nitrogen and oxygen atoms in total. The van der Waals surface area contributed by atoms with Gasteiger partial charge in [0.05, 0.1) is 0 Å². The van der Waals surface area contributed by atoms with Gasteiger partial charge in [-0.15, -0.1) is 0 Å². The second-order valence-electron chi connectivity index (χ2n) is 4.30. The molecule has 1 aliphatic heterocycles. The van der Waals surface area contributed by atoms with E-state index < -0.39 is 35.9 Å². The Bertz CT molecular complexity index is 581. The number of hydrogen-bond donors (Lipinski definition) is 2.